The van der Waals surface area contributed by atoms with Crippen molar-refractivity contribution in [2.75, 3.05) is 34.8 Å². The predicted molar refractivity (Wildman–Crippen MR) is 111 cm³/mol. The molecular weight excluding hydrogens is 364 g/mol. The molecule has 1 aromatic carbocycles. The minimum atomic E-state index is -0.359. The molecule has 1 heterocycles. The van der Waals surface area contributed by atoms with Gasteiger partial charge in [-0.2, -0.15) is 0 Å². The SMILES string of the molecule is CC(=O)Nc1cc(NCCCCCN)ccc1C(=O)Nc1nc(C)c(N)s1. The topological polar surface area (TPSA) is 135 Å². The minimum absolute atomic E-state index is 0.251. The second-order valence-electron chi connectivity index (χ2n) is 6.14. The lowest BCUT2D eigenvalue weighted by Gasteiger charge is -2.13. The number of nitrogens with two attached hydrogens (primary N) is 2. The summed E-state index contributed by atoms with van der Waals surface area (Å²) in [5.41, 5.74) is 13.6. The van der Waals surface area contributed by atoms with Gasteiger partial charge < -0.3 is 22.1 Å². The summed E-state index contributed by atoms with van der Waals surface area (Å²) in [6, 6.07) is 5.23. The summed E-state index contributed by atoms with van der Waals surface area (Å²) < 4.78 is 0. The number of carbonyl (C=O) groups is 2. The Hall–Kier alpha value is -2.65. The van der Waals surface area contributed by atoms with Crippen LogP contribution in [-0.4, -0.2) is 29.9 Å². The van der Waals surface area contributed by atoms with Crippen LogP contribution in [0.15, 0.2) is 18.2 Å². The smallest absolute Gasteiger partial charge is 0.259 e. The lowest BCUT2D eigenvalue weighted by atomic mass is 10.1. The molecule has 0 aliphatic rings. The molecule has 1 aromatic heterocycles. The van der Waals surface area contributed by atoms with Crippen LogP contribution in [0.25, 0.3) is 0 Å². The second kappa shape index (κ2) is 9.89. The Labute approximate surface area is 162 Å². The number of unbranched alkanes of at least 4 members (excludes halogenated alkanes) is 2. The number of thiazole rings is 1. The molecule has 0 atom stereocenters. The fourth-order valence-corrected chi connectivity index (χ4v) is 3.18. The molecule has 0 bridgehead atoms. The molecule has 0 unspecified atom stereocenters. The van der Waals surface area contributed by atoms with Crippen molar-refractivity contribution in [2.24, 2.45) is 5.73 Å². The number of amides is 2. The van der Waals surface area contributed by atoms with Gasteiger partial charge in [-0.05, 0) is 44.5 Å². The summed E-state index contributed by atoms with van der Waals surface area (Å²) >= 11 is 1.20. The first-order valence-corrected chi connectivity index (χ1v) is 9.62. The number of rotatable bonds is 9. The van der Waals surface area contributed by atoms with Crippen molar-refractivity contribution in [1.29, 1.82) is 0 Å². The fourth-order valence-electron chi connectivity index (χ4n) is 2.45. The number of aromatic nitrogens is 1. The third-order valence-electron chi connectivity index (χ3n) is 3.84. The number of nitrogens with zero attached hydrogens (tertiary/aromatic N) is 1. The summed E-state index contributed by atoms with van der Waals surface area (Å²) in [5.74, 6) is -0.611. The zero-order valence-corrected chi connectivity index (χ0v) is 16.4. The van der Waals surface area contributed by atoms with E-state index in [-0.39, 0.29) is 11.8 Å². The summed E-state index contributed by atoms with van der Waals surface area (Å²) in [7, 11) is 0. The molecule has 27 heavy (non-hydrogen) atoms. The third kappa shape index (κ3) is 6.22. The highest BCUT2D eigenvalue weighted by atomic mass is 32.1. The van der Waals surface area contributed by atoms with Gasteiger partial charge in [-0.1, -0.05) is 17.8 Å². The summed E-state index contributed by atoms with van der Waals surface area (Å²) in [6.45, 7) is 4.67. The molecule has 0 radical (unpaired) electrons. The van der Waals surface area contributed by atoms with Crippen LogP contribution in [0.4, 0.5) is 21.5 Å². The van der Waals surface area contributed by atoms with E-state index in [2.05, 4.69) is 20.9 Å². The van der Waals surface area contributed by atoms with Crippen molar-refractivity contribution < 1.29 is 9.59 Å². The van der Waals surface area contributed by atoms with Crippen molar-refractivity contribution >= 4 is 44.7 Å². The number of hydrogen-bond acceptors (Lipinski definition) is 7. The van der Waals surface area contributed by atoms with Crippen molar-refractivity contribution in [1.82, 2.24) is 4.98 Å². The van der Waals surface area contributed by atoms with Crippen LogP contribution in [0.5, 0.6) is 0 Å². The van der Waals surface area contributed by atoms with Gasteiger partial charge in [0, 0.05) is 19.2 Å². The number of nitrogen functional groups attached to an aromatic ring is 1. The van der Waals surface area contributed by atoms with Gasteiger partial charge in [0.15, 0.2) is 5.13 Å². The van der Waals surface area contributed by atoms with E-state index in [9.17, 15) is 9.59 Å². The molecule has 0 aliphatic carbocycles. The molecule has 0 saturated carbocycles. The van der Waals surface area contributed by atoms with Crippen molar-refractivity contribution in [2.45, 2.75) is 33.1 Å². The van der Waals surface area contributed by atoms with Crippen molar-refractivity contribution in [3.05, 3.63) is 29.5 Å². The van der Waals surface area contributed by atoms with E-state index in [1.807, 2.05) is 6.07 Å². The lowest BCUT2D eigenvalue weighted by molar-refractivity contribution is -0.114. The number of nitrogens with one attached hydrogen (secondary N) is 3. The first kappa shape index (κ1) is 20.7. The van der Waals surface area contributed by atoms with Gasteiger partial charge in [-0.3, -0.25) is 14.9 Å². The van der Waals surface area contributed by atoms with Gasteiger partial charge >= 0.3 is 0 Å². The standard InChI is InChI=1S/C18H26N6O2S/c1-11-16(20)27-18(22-11)24-17(26)14-7-6-13(10-15(14)23-12(2)25)21-9-5-3-4-8-19/h6-7,10,21H,3-5,8-9,19-20H2,1-2H3,(H,23,25)(H,22,24,26). The number of hydrogen-bond donors (Lipinski definition) is 5. The van der Waals surface area contributed by atoms with Crippen molar-refractivity contribution in [3.63, 3.8) is 0 Å². The summed E-state index contributed by atoms with van der Waals surface area (Å²) in [5, 5.41) is 9.71. The van der Waals surface area contributed by atoms with E-state index >= 15 is 0 Å². The largest absolute Gasteiger partial charge is 0.389 e. The van der Waals surface area contributed by atoms with E-state index in [1.165, 1.54) is 18.3 Å². The molecule has 8 nitrogen and oxygen atoms in total. The molecule has 2 aromatic rings. The van der Waals surface area contributed by atoms with Gasteiger partial charge in [-0.25, -0.2) is 4.98 Å². The molecule has 7 N–H and O–H groups in total. The van der Waals surface area contributed by atoms with Crippen LogP contribution in [0, 0.1) is 6.92 Å². The molecule has 0 saturated heterocycles. The van der Waals surface area contributed by atoms with Crippen LogP contribution in [0.1, 0.15) is 42.2 Å². The van der Waals surface area contributed by atoms with Crippen LogP contribution in [0.2, 0.25) is 0 Å². The zero-order valence-electron chi connectivity index (χ0n) is 15.6. The zero-order chi connectivity index (χ0) is 19.8. The third-order valence-corrected chi connectivity index (χ3v) is 4.74. The van der Waals surface area contributed by atoms with E-state index in [4.69, 9.17) is 11.5 Å². The molecule has 2 amide bonds. The van der Waals surface area contributed by atoms with Gasteiger partial charge in [0.05, 0.1) is 16.9 Å². The van der Waals surface area contributed by atoms with Crippen LogP contribution < -0.4 is 27.4 Å². The van der Waals surface area contributed by atoms with E-state index in [0.717, 1.165) is 31.5 Å². The first-order valence-electron chi connectivity index (χ1n) is 8.80. The Morgan fingerprint density at radius 2 is 1.96 bits per heavy atom. The van der Waals surface area contributed by atoms with E-state index < -0.39 is 0 Å². The highest BCUT2D eigenvalue weighted by Gasteiger charge is 2.15. The normalized spacial score (nSPS) is 10.5. The molecule has 0 fully saturated rings. The maximum absolute atomic E-state index is 12.6. The Kier molecular flexibility index (Phi) is 7.56. The van der Waals surface area contributed by atoms with Gasteiger partial charge in [-0.15, -0.1) is 0 Å². The summed E-state index contributed by atoms with van der Waals surface area (Å²) in [6.07, 6.45) is 3.05. The Morgan fingerprint density at radius 3 is 2.59 bits per heavy atom. The van der Waals surface area contributed by atoms with Crippen LogP contribution >= 0.6 is 11.3 Å². The molecule has 2 rings (SSSR count). The molecule has 0 aliphatic heterocycles. The number of aryl methyl sites for hydroxylation is 1. The highest BCUT2D eigenvalue weighted by Crippen LogP contribution is 2.27. The average molecular weight is 391 g/mol. The second-order valence-corrected chi connectivity index (χ2v) is 7.17. The lowest BCUT2D eigenvalue weighted by Crippen LogP contribution is -2.17. The molecule has 146 valence electrons. The Balaban J connectivity index is 2.11. The van der Waals surface area contributed by atoms with E-state index in [0.29, 0.717) is 33.6 Å². The van der Waals surface area contributed by atoms with Crippen molar-refractivity contribution in [3.8, 4) is 0 Å². The number of anilines is 4. The first-order chi connectivity index (χ1) is 12.9. The molecule has 0 spiro atoms. The quantitative estimate of drug-likeness (QED) is 0.418. The van der Waals surface area contributed by atoms with E-state index in [1.54, 1.807) is 19.1 Å². The molecular formula is C18H26N6O2S. The van der Waals surface area contributed by atoms with Gasteiger partial charge in [0.25, 0.3) is 5.91 Å². The summed E-state index contributed by atoms with van der Waals surface area (Å²) in [4.78, 5) is 28.3. The maximum atomic E-state index is 12.6. The Morgan fingerprint density at radius 1 is 1.19 bits per heavy atom. The Bertz CT molecular complexity index is 786. The maximum Gasteiger partial charge on any atom is 0.259 e. The number of carbonyl (C=O) groups excluding carboxylic acids is 2. The highest BCUT2D eigenvalue weighted by molar-refractivity contribution is 7.19. The monoisotopic (exact) mass is 390 g/mol. The number of benzene rings is 1. The van der Waals surface area contributed by atoms with Crippen LogP contribution in [0.3, 0.4) is 0 Å². The molecule has 9 heteroatoms. The van der Waals surface area contributed by atoms with Crippen LogP contribution in [-0.2, 0) is 4.79 Å². The van der Waals surface area contributed by atoms with Gasteiger partial charge in [0.2, 0.25) is 5.91 Å². The van der Waals surface area contributed by atoms with Gasteiger partial charge in [0.1, 0.15) is 5.00 Å². The average Bonchev–Trinajstić information content (AvgIpc) is 2.91. The minimum Gasteiger partial charge on any atom is -0.389 e. The predicted octanol–water partition coefficient (Wildman–Crippen LogP) is 2.79. The fraction of sp³-hybridized carbons (Fsp3) is 0.389.